The number of nitrogens with one attached hydrogen (secondary N) is 1. The summed E-state index contributed by atoms with van der Waals surface area (Å²) in [5, 5.41) is 0. The first-order chi connectivity index (χ1) is 5.90. The van der Waals surface area contributed by atoms with E-state index < -0.39 is 0 Å². The Morgan fingerprint density at radius 2 is 2.25 bits per heavy atom. The van der Waals surface area contributed by atoms with Gasteiger partial charge in [0.1, 0.15) is 0 Å². The van der Waals surface area contributed by atoms with Gasteiger partial charge in [-0.05, 0) is 12.1 Å². The number of H-pyrrole nitrogens is 1. The van der Waals surface area contributed by atoms with Crippen molar-refractivity contribution in [1.29, 1.82) is 0 Å². The van der Waals surface area contributed by atoms with Crippen LogP contribution in [0.1, 0.15) is 5.82 Å². The van der Waals surface area contributed by atoms with E-state index in [4.69, 9.17) is 6.57 Å². The van der Waals surface area contributed by atoms with Gasteiger partial charge in [0, 0.05) is 0 Å². The van der Waals surface area contributed by atoms with Crippen LogP contribution in [0.25, 0.3) is 15.9 Å². The molecule has 0 bridgehead atoms. The van der Waals surface area contributed by atoms with Crippen molar-refractivity contribution in [2.45, 2.75) is 6.54 Å². The molecule has 0 atom stereocenters. The Balaban J connectivity index is 2.56. The van der Waals surface area contributed by atoms with E-state index in [0.29, 0.717) is 6.54 Å². The molecule has 0 fully saturated rings. The summed E-state index contributed by atoms with van der Waals surface area (Å²) >= 11 is 0. The van der Waals surface area contributed by atoms with E-state index >= 15 is 0 Å². The molecule has 0 saturated carbocycles. The van der Waals surface area contributed by atoms with Gasteiger partial charge in [-0.1, -0.05) is 12.1 Å². The number of hydrogen-bond donors (Lipinski definition) is 1. The fourth-order valence-electron chi connectivity index (χ4n) is 1.16. The summed E-state index contributed by atoms with van der Waals surface area (Å²) in [6.45, 7) is 7.01. The first-order valence-corrected chi connectivity index (χ1v) is 3.67. The number of aromatic nitrogens is 2. The third kappa shape index (κ3) is 1.04. The van der Waals surface area contributed by atoms with Crippen LogP contribution in [-0.4, -0.2) is 9.97 Å². The molecule has 1 heterocycles. The van der Waals surface area contributed by atoms with Crippen LogP contribution in [0.2, 0.25) is 0 Å². The lowest BCUT2D eigenvalue weighted by atomic mass is 10.3. The maximum Gasteiger partial charge on any atom is 0.271 e. The van der Waals surface area contributed by atoms with Gasteiger partial charge in [-0.15, -0.1) is 0 Å². The number of nitrogens with zero attached hydrogens (tertiary/aromatic N) is 2. The SMILES string of the molecule is [C-]#[N+]Cc1nc2ccccc2[nH]1. The zero-order chi connectivity index (χ0) is 8.39. The molecule has 1 N–H and O–H groups in total. The fourth-order valence-corrected chi connectivity index (χ4v) is 1.16. The molecule has 1 aromatic carbocycles. The summed E-state index contributed by atoms with van der Waals surface area (Å²) in [7, 11) is 0. The number of hydrogen-bond acceptors (Lipinski definition) is 1. The van der Waals surface area contributed by atoms with Crippen LogP contribution in [0.5, 0.6) is 0 Å². The highest BCUT2D eigenvalue weighted by molar-refractivity contribution is 5.74. The molecule has 0 aliphatic heterocycles. The zero-order valence-corrected chi connectivity index (χ0v) is 6.41. The molecule has 0 amide bonds. The van der Waals surface area contributed by atoms with Crippen molar-refractivity contribution in [3.63, 3.8) is 0 Å². The molecule has 0 aliphatic carbocycles. The Hall–Kier alpha value is -1.82. The summed E-state index contributed by atoms with van der Waals surface area (Å²) in [4.78, 5) is 10.6. The van der Waals surface area contributed by atoms with Gasteiger partial charge in [-0.2, -0.15) is 0 Å². The second-order valence-electron chi connectivity index (χ2n) is 2.52. The van der Waals surface area contributed by atoms with Gasteiger partial charge in [-0.3, -0.25) is 0 Å². The molecule has 0 aliphatic rings. The first kappa shape index (κ1) is 6.86. The van der Waals surface area contributed by atoms with E-state index in [9.17, 15) is 0 Å². The van der Waals surface area contributed by atoms with Crippen molar-refractivity contribution in [3.8, 4) is 0 Å². The predicted molar refractivity (Wildman–Crippen MR) is 46.4 cm³/mol. The number of aromatic amines is 1. The minimum absolute atomic E-state index is 0.328. The van der Waals surface area contributed by atoms with Gasteiger partial charge in [0.05, 0.1) is 11.0 Å². The van der Waals surface area contributed by atoms with Gasteiger partial charge >= 0.3 is 0 Å². The minimum atomic E-state index is 0.328. The summed E-state index contributed by atoms with van der Waals surface area (Å²) in [6, 6.07) is 7.77. The molecule has 2 aromatic rings. The number of rotatable bonds is 1. The number of imidazole rings is 1. The molecular formula is C9H7N3. The van der Waals surface area contributed by atoms with E-state index in [1.807, 2.05) is 24.3 Å². The lowest BCUT2D eigenvalue weighted by Crippen LogP contribution is -1.79. The highest BCUT2D eigenvalue weighted by atomic mass is 14.9. The standard InChI is InChI=1S/C9H7N3/c1-10-6-9-11-7-4-2-3-5-8(7)12-9/h2-5H,6H2,(H,11,12). The van der Waals surface area contributed by atoms with E-state index in [0.717, 1.165) is 16.9 Å². The molecular weight excluding hydrogens is 150 g/mol. The monoisotopic (exact) mass is 157 g/mol. The normalized spacial score (nSPS) is 9.92. The molecule has 0 spiro atoms. The van der Waals surface area contributed by atoms with Gasteiger partial charge in [0.2, 0.25) is 0 Å². The van der Waals surface area contributed by atoms with Crippen LogP contribution >= 0.6 is 0 Å². The van der Waals surface area contributed by atoms with Crippen molar-refractivity contribution in [3.05, 3.63) is 41.5 Å². The van der Waals surface area contributed by atoms with Crippen LogP contribution in [0.15, 0.2) is 24.3 Å². The average Bonchev–Trinajstić information content (AvgIpc) is 2.47. The van der Waals surface area contributed by atoms with Gasteiger partial charge in [0.15, 0.2) is 5.82 Å². The van der Waals surface area contributed by atoms with Crippen molar-refractivity contribution >= 4 is 11.0 Å². The van der Waals surface area contributed by atoms with Crippen LogP contribution in [-0.2, 0) is 6.54 Å². The predicted octanol–water partition coefficient (Wildman–Crippen LogP) is 1.98. The molecule has 2 rings (SSSR count). The Morgan fingerprint density at radius 1 is 1.42 bits per heavy atom. The third-order valence-electron chi connectivity index (χ3n) is 1.67. The van der Waals surface area contributed by atoms with E-state index in [2.05, 4.69) is 14.8 Å². The van der Waals surface area contributed by atoms with Crippen molar-refractivity contribution < 1.29 is 0 Å². The maximum atomic E-state index is 6.68. The number of fused-ring (bicyclic) bond motifs is 1. The van der Waals surface area contributed by atoms with Crippen LogP contribution in [0.3, 0.4) is 0 Å². The average molecular weight is 157 g/mol. The summed E-state index contributed by atoms with van der Waals surface area (Å²) in [6.07, 6.45) is 0. The lowest BCUT2D eigenvalue weighted by Gasteiger charge is -1.81. The quantitative estimate of drug-likeness (QED) is 0.631. The van der Waals surface area contributed by atoms with Crippen LogP contribution in [0, 0.1) is 6.57 Å². The molecule has 0 saturated heterocycles. The summed E-state index contributed by atoms with van der Waals surface area (Å²) in [5.74, 6) is 0.742. The van der Waals surface area contributed by atoms with E-state index in [1.54, 1.807) is 0 Å². The Bertz CT molecular complexity index is 403. The van der Waals surface area contributed by atoms with Crippen molar-refractivity contribution in [2.75, 3.05) is 0 Å². The summed E-state index contributed by atoms with van der Waals surface area (Å²) < 4.78 is 0. The molecule has 3 nitrogen and oxygen atoms in total. The Labute approximate surface area is 69.9 Å². The molecule has 0 radical (unpaired) electrons. The van der Waals surface area contributed by atoms with Crippen LogP contribution in [0.4, 0.5) is 0 Å². The zero-order valence-electron chi connectivity index (χ0n) is 6.41. The number of benzene rings is 1. The first-order valence-electron chi connectivity index (χ1n) is 3.67. The van der Waals surface area contributed by atoms with Gasteiger partial charge in [-0.25, -0.2) is 11.6 Å². The van der Waals surface area contributed by atoms with E-state index in [-0.39, 0.29) is 0 Å². The molecule has 58 valence electrons. The molecule has 12 heavy (non-hydrogen) atoms. The van der Waals surface area contributed by atoms with Crippen LogP contribution < -0.4 is 0 Å². The van der Waals surface area contributed by atoms with Gasteiger partial charge in [0.25, 0.3) is 6.54 Å². The molecule has 1 aromatic heterocycles. The fraction of sp³-hybridized carbons (Fsp3) is 0.111. The Morgan fingerprint density at radius 3 is 3.00 bits per heavy atom. The van der Waals surface area contributed by atoms with Crippen molar-refractivity contribution in [1.82, 2.24) is 9.97 Å². The van der Waals surface area contributed by atoms with E-state index in [1.165, 1.54) is 0 Å². The minimum Gasteiger partial charge on any atom is -0.336 e. The Kier molecular flexibility index (Phi) is 1.52. The number of para-hydroxylation sites is 2. The highest BCUT2D eigenvalue weighted by Gasteiger charge is 2.01. The summed E-state index contributed by atoms with van der Waals surface area (Å²) in [5.41, 5.74) is 1.92. The second kappa shape index (κ2) is 2.67. The van der Waals surface area contributed by atoms with Crippen molar-refractivity contribution in [2.24, 2.45) is 0 Å². The lowest BCUT2D eigenvalue weighted by molar-refractivity contribution is 1.07. The molecule has 0 unspecified atom stereocenters. The van der Waals surface area contributed by atoms with Gasteiger partial charge < -0.3 is 9.83 Å². The highest BCUT2D eigenvalue weighted by Crippen LogP contribution is 2.10. The smallest absolute Gasteiger partial charge is 0.271 e. The largest absolute Gasteiger partial charge is 0.336 e. The molecule has 3 heteroatoms. The second-order valence-corrected chi connectivity index (χ2v) is 2.52. The third-order valence-corrected chi connectivity index (χ3v) is 1.67. The maximum absolute atomic E-state index is 6.68. The topological polar surface area (TPSA) is 33.0 Å².